The molecule has 0 heterocycles. The number of rotatable bonds is 5. The van der Waals surface area contributed by atoms with Crippen molar-refractivity contribution in [2.75, 3.05) is 18.2 Å². The van der Waals surface area contributed by atoms with Crippen molar-refractivity contribution in [3.05, 3.63) is 18.2 Å². The number of methoxy groups -OCH3 is 1. The lowest BCUT2D eigenvalue weighted by atomic mass is 10.2. The van der Waals surface area contributed by atoms with Crippen LogP contribution in [0.15, 0.2) is 18.2 Å². The van der Waals surface area contributed by atoms with Crippen molar-refractivity contribution in [1.82, 2.24) is 0 Å². The Kier molecular flexibility index (Phi) is 7.14. The molecule has 1 aromatic rings. The van der Waals surface area contributed by atoms with Crippen LogP contribution >= 0.6 is 12.4 Å². The van der Waals surface area contributed by atoms with E-state index in [4.69, 9.17) is 10.5 Å². The molecule has 0 saturated carbocycles. The van der Waals surface area contributed by atoms with Crippen molar-refractivity contribution in [1.29, 1.82) is 0 Å². The average Bonchev–Trinajstić information content (AvgIpc) is 2.29. The summed E-state index contributed by atoms with van der Waals surface area (Å²) in [6.45, 7) is 2.05. The van der Waals surface area contributed by atoms with Gasteiger partial charge in [-0.15, -0.1) is 12.4 Å². The third-order valence-corrected chi connectivity index (χ3v) is 2.29. The Labute approximate surface area is 108 Å². The standard InChI is InChI=1S/C12H18N2O2.ClH/c1-3-4-5-12(15)14-11-8-9(16-2)6-7-10(11)13;/h6-8H,3-5,13H2,1-2H3,(H,14,15);1H. The number of carbonyl (C=O) groups is 1. The minimum Gasteiger partial charge on any atom is -0.497 e. The normalized spacial score (nSPS) is 9.29. The van der Waals surface area contributed by atoms with Gasteiger partial charge in [0.25, 0.3) is 0 Å². The maximum Gasteiger partial charge on any atom is 0.224 e. The van der Waals surface area contributed by atoms with Crippen molar-refractivity contribution >= 4 is 29.7 Å². The molecule has 1 aromatic carbocycles. The minimum atomic E-state index is -0.0122. The molecule has 96 valence electrons. The fourth-order valence-electron chi connectivity index (χ4n) is 1.32. The van der Waals surface area contributed by atoms with Gasteiger partial charge in [0.2, 0.25) is 5.91 Å². The van der Waals surface area contributed by atoms with Crippen LogP contribution in [-0.2, 0) is 4.79 Å². The van der Waals surface area contributed by atoms with E-state index in [-0.39, 0.29) is 18.3 Å². The van der Waals surface area contributed by atoms with Crippen LogP contribution in [0.1, 0.15) is 26.2 Å². The highest BCUT2D eigenvalue weighted by Crippen LogP contribution is 2.24. The first-order valence-electron chi connectivity index (χ1n) is 5.40. The smallest absolute Gasteiger partial charge is 0.224 e. The Morgan fingerprint density at radius 3 is 2.76 bits per heavy atom. The molecule has 1 amide bonds. The first kappa shape index (κ1) is 15.6. The number of ether oxygens (including phenoxy) is 1. The first-order chi connectivity index (χ1) is 7.67. The number of benzene rings is 1. The molecule has 0 aliphatic heterocycles. The predicted octanol–water partition coefficient (Wildman–Crippen LogP) is 2.83. The highest BCUT2D eigenvalue weighted by molar-refractivity contribution is 5.94. The van der Waals surface area contributed by atoms with Gasteiger partial charge in [0, 0.05) is 12.5 Å². The fourth-order valence-corrected chi connectivity index (χ4v) is 1.32. The Morgan fingerprint density at radius 2 is 2.18 bits per heavy atom. The number of amides is 1. The molecule has 4 nitrogen and oxygen atoms in total. The van der Waals surface area contributed by atoms with Gasteiger partial charge in [0.05, 0.1) is 18.5 Å². The monoisotopic (exact) mass is 258 g/mol. The topological polar surface area (TPSA) is 64.3 Å². The number of halogens is 1. The second-order valence-electron chi connectivity index (χ2n) is 3.60. The minimum absolute atomic E-state index is 0. The summed E-state index contributed by atoms with van der Waals surface area (Å²) in [5.74, 6) is 0.668. The Hall–Kier alpha value is -1.42. The van der Waals surface area contributed by atoms with Gasteiger partial charge in [-0.2, -0.15) is 0 Å². The van der Waals surface area contributed by atoms with E-state index in [0.29, 0.717) is 23.5 Å². The van der Waals surface area contributed by atoms with Crippen LogP contribution in [0, 0.1) is 0 Å². The summed E-state index contributed by atoms with van der Waals surface area (Å²) in [6, 6.07) is 5.20. The van der Waals surface area contributed by atoms with Crippen molar-refractivity contribution in [3.8, 4) is 5.75 Å². The van der Waals surface area contributed by atoms with Gasteiger partial charge >= 0.3 is 0 Å². The van der Waals surface area contributed by atoms with E-state index in [2.05, 4.69) is 5.32 Å². The number of anilines is 2. The molecule has 0 spiro atoms. The van der Waals surface area contributed by atoms with Crippen molar-refractivity contribution in [2.24, 2.45) is 0 Å². The van der Waals surface area contributed by atoms with Crippen LogP contribution in [0.5, 0.6) is 5.75 Å². The van der Waals surface area contributed by atoms with E-state index >= 15 is 0 Å². The van der Waals surface area contributed by atoms with Gasteiger partial charge in [-0.1, -0.05) is 13.3 Å². The molecule has 0 unspecified atom stereocenters. The van der Waals surface area contributed by atoms with E-state index < -0.39 is 0 Å². The summed E-state index contributed by atoms with van der Waals surface area (Å²) < 4.78 is 5.07. The molecule has 17 heavy (non-hydrogen) atoms. The highest BCUT2D eigenvalue weighted by Gasteiger charge is 2.05. The average molecular weight is 259 g/mol. The van der Waals surface area contributed by atoms with Gasteiger partial charge < -0.3 is 15.8 Å². The van der Waals surface area contributed by atoms with Crippen LogP contribution in [0.4, 0.5) is 11.4 Å². The number of nitrogen functional groups attached to an aromatic ring is 1. The Balaban J connectivity index is 0.00000256. The third-order valence-electron chi connectivity index (χ3n) is 2.29. The molecule has 0 aliphatic rings. The van der Waals surface area contributed by atoms with Gasteiger partial charge in [-0.25, -0.2) is 0 Å². The van der Waals surface area contributed by atoms with Gasteiger partial charge in [0.1, 0.15) is 5.75 Å². The van der Waals surface area contributed by atoms with Gasteiger partial charge in [0.15, 0.2) is 0 Å². The maximum absolute atomic E-state index is 11.5. The van der Waals surface area contributed by atoms with Crippen LogP contribution in [0.3, 0.4) is 0 Å². The lowest BCUT2D eigenvalue weighted by molar-refractivity contribution is -0.116. The molecular weight excluding hydrogens is 240 g/mol. The van der Waals surface area contributed by atoms with Crippen molar-refractivity contribution in [3.63, 3.8) is 0 Å². The molecular formula is C12H19ClN2O2. The zero-order valence-electron chi connectivity index (χ0n) is 10.2. The molecule has 0 bridgehead atoms. The van der Waals surface area contributed by atoms with Gasteiger partial charge in [-0.3, -0.25) is 4.79 Å². The van der Waals surface area contributed by atoms with Crippen LogP contribution in [0.25, 0.3) is 0 Å². The zero-order chi connectivity index (χ0) is 12.0. The molecule has 0 saturated heterocycles. The number of nitrogens with one attached hydrogen (secondary N) is 1. The SMILES string of the molecule is CCCCC(=O)Nc1cc(OC)ccc1N.Cl. The fraction of sp³-hybridized carbons (Fsp3) is 0.417. The molecule has 0 aromatic heterocycles. The number of nitrogens with two attached hydrogens (primary N) is 1. The van der Waals surface area contributed by atoms with Crippen molar-refractivity contribution < 1.29 is 9.53 Å². The quantitative estimate of drug-likeness (QED) is 0.799. The molecule has 1 rings (SSSR count). The summed E-state index contributed by atoms with van der Waals surface area (Å²) in [5, 5.41) is 2.78. The van der Waals surface area contributed by atoms with E-state index in [0.717, 1.165) is 12.8 Å². The van der Waals surface area contributed by atoms with E-state index in [1.54, 1.807) is 25.3 Å². The molecule has 0 fully saturated rings. The van der Waals surface area contributed by atoms with Crippen LogP contribution < -0.4 is 15.8 Å². The van der Waals surface area contributed by atoms with Crippen LogP contribution in [-0.4, -0.2) is 13.0 Å². The molecule has 0 aliphatic carbocycles. The second-order valence-corrected chi connectivity index (χ2v) is 3.60. The lowest BCUT2D eigenvalue weighted by Crippen LogP contribution is -2.12. The molecule has 3 N–H and O–H groups in total. The van der Waals surface area contributed by atoms with E-state index in [1.807, 2.05) is 6.92 Å². The Bertz CT molecular complexity index is 370. The summed E-state index contributed by atoms with van der Waals surface area (Å²) in [4.78, 5) is 11.5. The van der Waals surface area contributed by atoms with E-state index in [1.165, 1.54) is 0 Å². The molecule has 0 atom stereocenters. The molecule has 0 radical (unpaired) electrons. The number of hydrogen-bond acceptors (Lipinski definition) is 3. The summed E-state index contributed by atoms with van der Waals surface area (Å²) >= 11 is 0. The van der Waals surface area contributed by atoms with Crippen LogP contribution in [0.2, 0.25) is 0 Å². The number of carbonyl (C=O) groups excluding carboxylic acids is 1. The summed E-state index contributed by atoms with van der Waals surface area (Å²) in [6.07, 6.45) is 2.41. The zero-order valence-corrected chi connectivity index (χ0v) is 11.0. The van der Waals surface area contributed by atoms with Crippen molar-refractivity contribution in [2.45, 2.75) is 26.2 Å². The molecule has 5 heteroatoms. The lowest BCUT2D eigenvalue weighted by Gasteiger charge is -2.09. The number of hydrogen-bond donors (Lipinski definition) is 2. The Morgan fingerprint density at radius 1 is 1.47 bits per heavy atom. The summed E-state index contributed by atoms with van der Waals surface area (Å²) in [5.41, 5.74) is 6.91. The second kappa shape index (κ2) is 7.79. The maximum atomic E-state index is 11.5. The third kappa shape index (κ3) is 4.95. The van der Waals surface area contributed by atoms with E-state index in [9.17, 15) is 4.79 Å². The number of unbranched alkanes of at least 4 members (excludes halogenated alkanes) is 1. The summed E-state index contributed by atoms with van der Waals surface area (Å²) in [7, 11) is 1.58. The largest absolute Gasteiger partial charge is 0.497 e. The first-order valence-corrected chi connectivity index (χ1v) is 5.40. The highest BCUT2D eigenvalue weighted by atomic mass is 35.5. The predicted molar refractivity (Wildman–Crippen MR) is 72.8 cm³/mol. The van der Waals surface area contributed by atoms with Gasteiger partial charge in [-0.05, 0) is 18.6 Å².